The average molecular weight is 416 g/mol. The van der Waals surface area contributed by atoms with Gasteiger partial charge in [-0.25, -0.2) is 0 Å². The molecule has 0 bridgehead atoms. The van der Waals surface area contributed by atoms with Crippen molar-refractivity contribution < 1.29 is 35.8 Å². The average Bonchev–Trinajstić information content (AvgIpc) is 3.06. The third kappa shape index (κ3) is 4.57. The zero-order chi connectivity index (χ0) is 21.2. The molecule has 0 saturated carbocycles. The zero-order valence-electron chi connectivity index (χ0n) is 14.3. The summed E-state index contributed by atoms with van der Waals surface area (Å²) in [5, 5.41) is 15.3. The molecule has 0 unspecified atom stereocenters. The van der Waals surface area contributed by atoms with E-state index in [9.17, 15) is 26.3 Å². The molecule has 3 rings (SSSR count). The number of ether oxygens (including phenoxy) is 2. The van der Waals surface area contributed by atoms with Gasteiger partial charge in [-0.2, -0.15) is 18.4 Å². The van der Waals surface area contributed by atoms with Crippen LogP contribution in [0.5, 0.6) is 5.75 Å². The van der Waals surface area contributed by atoms with Crippen LogP contribution in [0.3, 0.4) is 0 Å². The number of benzene rings is 1. The molecule has 1 aromatic carbocycles. The molecule has 3 aromatic rings. The van der Waals surface area contributed by atoms with E-state index < -0.39 is 24.1 Å². The fraction of sp³-hybridized carbons (Fsp3) is 0.235. The molecule has 152 valence electrons. The van der Waals surface area contributed by atoms with Crippen LogP contribution in [-0.4, -0.2) is 27.6 Å². The van der Waals surface area contributed by atoms with E-state index in [1.54, 1.807) is 6.07 Å². The van der Waals surface area contributed by atoms with Crippen LogP contribution in [0.2, 0.25) is 0 Å². The van der Waals surface area contributed by atoms with Gasteiger partial charge in [0.2, 0.25) is 5.82 Å². The van der Waals surface area contributed by atoms with Crippen LogP contribution in [0, 0.1) is 11.3 Å². The second-order valence-electron chi connectivity index (χ2n) is 5.63. The van der Waals surface area contributed by atoms with Gasteiger partial charge in [-0.15, -0.1) is 23.4 Å². The Morgan fingerprint density at radius 2 is 1.66 bits per heavy atom. The molecule has 0 spiro atoms. The Hall–Kier alpha value is -3.33. The van der Waals surface area contributed by atoms with Gasteiger partial charge in [-0.05, 0) is 29.8 Å². The number of aromatic nitrogens is 3. The molecule has 0 fully saturated rings. The van der Waals surface area contributed by atoms with Crippen LogP contribution in [0.15, 0.2) is 36.4 Å². The van der Waals surface area contributed by atoms with Crippen LogP contribution in [0.4, 0.5) is 26.3 Å². The standard InChI is InChI=1S/C17H10F6N4O2/c18-16(19,20)15-26-25-14-6-5-12(13(27(14)15)9-28-8-7-24)10-1-3-11(4-2-10)29-17(21,22)23/h1-6H,8-9H2. The second kappa shape index (κ2) is 7.59. The van der Waals surface area contributed by atoms with Crippen LogP contribution in [-0.2, 0) is 17.5 Å². The van der Waals surface area contributed by atoms with Gasteiger partial charge in [-0.3, -0.25) is 4.40 Å². The molecule has 0 saturated heterocycles. The van der Waals surface area contributed by atoms with E-state index in [0.29, 0.717) is 5.56 Å². The third-order valence-corrected chi connectivity index (χ3v) is 3.73. The van der Waals surface area contributed by atoms with Crippen molar-refractivity contribution in [1.29, 1.82) is 5.26 Å². The summed E-state index contributed by atoms with van der Waals surface area (Å²) in [6.07, 6.45) is -9.69. The maximum atomic E-state index is 13.3. The highest BCUT2D eigenvalue weighted by atomic mass is 19.4. The monoisotopic (exact) mass is 416 g/mol. The Morgan fingerprint density at radius 1 is 0.966 bits per heavy atom. The first-order valence-corrected chi connectivity index (χ1v) is 7.85. The van der Waals surface area contributed by atoms with E-state index in [4.69, 9.17) is 10.00 Å². The molecule has 2 heterocycles. The Morgan fingerprint density at radius 3 is 2.24 bits per heavy atom. The maximum absolute atomic E-state index is 13.3. The summed E-state index contributed by atoms with van der Waals surface area (Å²) in [6.45, 7) is -0.764. The molecule has 0 radical (unpaired) electrons. The number of hydrogen-bond acceptors (Lipinski definition) is 5. The summed E-state index contributed by atoms with van der Waals surface area (Å²) in [5.74, 6) is -1.77. The van der Waals surface area contributed by atoms with Crippen LogP contribution in [0.25, 0.3) is 16.8 Å². The predicted molar refractivity (Wildman–Crippen MR) is 85.4 cm³/mol. The number of nitrogens with zero attached hydrogens (tertiary/aromatic N) is 4. The summed E-state index contributed by atoms with van der Waals surface area (Å²) < 4.78 is 86.5. The van der Waals surface area contributed by atoms with Crippen molar-refractivity contribution in [3.05, 3.63) is 47.9 Å². The number of alkyl halides is 6. The highest BCUT2D eigenvalue weighted by Gasteiger charge is 2.38. The third-order valence-electron chi connectivity index (χ3n) is 3.73. The number of rotatable bonds is 5. The van der Waals surface area contributed by atoms with Crippen LogP contribution >= 0.6 is 0 Å². The van der Waals surface area contributed by atoms with Gasteiger partial charge in [-0.1, -0.05) is 12.1 Å². The normalized spacial score (nSPS) is 12.2. The van der Waals surface area contributed by atoms with Crippen molar-refractivity contribution in [3.63, 3.8) is 0 Å². The molecule has 0 aliphatic carbocycles. The van der Waals surface area contributed by atoms with Gasteiger partial charge in [0, 0.05) is 5.56 Å². The van der Waals surface area contributed by atoms with Gasteiger partial charge in [0.1, 0.15) is 12.4 Å². The minimum Gasteiger partial charge on any atom is -0.406 e. The lowest BCUT2D eigenvalue weighted by Gasteiger charge is -2.15. The van der Waals surface area contributed by atoms with Crippen molar-refractivity contribution in [2.24, 2.45) is 0 Å². The number of pyridine rings is 1. The molecule has 2 aromatic heterocycles. The predicted octanol–water partition coefficient (Wildman–Crippen LogP) is 4.35. The quantitative estimate of drug-likeness (QED) is 0.457. The van der Waals surface area contributed by atoms with Crippen molar-refractivity contribution in [2.75, 3.05) is 6.61 Å². The molecular formula is C17H10F6N4O2. The summed E-state index contributed by atoms with van der Waals surface area (Å²) in [6, 6.07) is 9.01. The Kier molecular flexibility index (Phi) is 5.34. The van der Waals surface area contributed by atoms with Crippen molar-refractivity contribution >= 4 is 5.65 Å². The summed E-state index contributed by atoms with van der Waals surface area (Å²) in [5.41, 5.74) is 0.423. The van der Waals surface area contributed by atoms with Crippen molar-refractivity contribution in [2.45, 2.75) is 19.1 Å². The number of fused-ring (bicyclic) bond motifs is 1. The lowest BCUT2D eigenvalue weighted by atomic mass is 10.0. The molecule has 0 aliphatic heterocycles. The number of nitriles is 1. The summed E-state index contributed by atoms with van der Waals surface area (Å²) >= 11 is 0. The van der Waals surface area contributed by atoms with E-state index in [2.05, 4.69) is 14.9 Å². The zero-order valence-corrected chi connectivity index (χ0v) is 14.3. The lowest BCUT2D eigenvalue weighted by molar-refractivity contribution is -0.274. The first kappa shape index (κ1) is 20.4. The molecule has 29 heavy (non-hydrogen) atoms. The van der Waals surface area contributed by atoms with Crippen molar-refractivity contribution in [1.82, 2.24) is 14.6 Å². The molecule has 0 N–H and O–H groups in total. The van der Waals surface area contributed by atoms with Gasteiger partial charge >= 0.3 is 12.5 Å². The van der Waals surface area contributed by atoms with E-state index in [1.165, 1.54) is 24.3 Å². The molecule has 6 nitrogen and oxygen atoms in total. The highest BCUT2D eigenvalue weighted by Crippen LogP contribution is 2.33. The second-order valence-corrected chi connectivity index (χ2v) is 5.63. The van der Waals surface area contributed by atoms with E-state index >= 15 is 0 Å². The Balaban J connectivity index is 2.11. The first-order valence-electron chi connectivity index (χ1n) is 7.85. The molecule has 0 amide bonds. The fourth-order valence-electron chi connectivity index (χ4n) is 2.66. The van der Waals surface area contributed by atoms with Gasteiger partial charge in [0.25, 0.3) is 0 Å². The van der Waals surface area contributed by atoms with Gasteiger partial charge in [0.15, 0.2) is 5.65 Å². The highest BCUT2D eigenvalue weighted by molar-refractivity contribution is 5.69. The van der Waals surface area contributed by atoms with E-state index in [1.807, 2.05) is 0 Å². The SMILES string of the molecule is N#CCOCc1c(-c2ccc(OC(F)(F)F)cc2)ccc2nnc(C(F)(F)F)n12. The Labute approximate surface area is 158 Å². The number of halogens is 6. The topological polar surface area (TPSA) is 72.4 Å². The minimum absolute atomic E-state index is 0.0143. The van der Waals surface area contributed by atoms with Crippen molar-refractivity contribution in [3.8, 4) is 22.9 Å². The maximum Gasteiger partial charge on any atom is 0.573 e. The smallest absolute Gasteiger partial charge is 0.406 e. The minimum atomic E-state index is -4.87. The summed E-state index contributed by atoms with van der Waals surface area (Å²) in [7, 11) is 0. The summed E-state index contributed by atoms with van der Waals surface area (Å²) in [4.78, 5) is 0. The van der Waals surface area contributed by atoms with E-state index in [0.717, 1.165) is 16.5 Å². The fourth-order valence-corrected chi connectivity index (χ4v) is 2.66. The first-order chi connectivity index (χ1) is 13.6. The largest absolute Gasteiger partial charge is 0.573 e. The van der Waals surface area contributed by atoms with Gasteiger partial charge in [0.05, 0.1) is 18.4 Å². The molecule has 12 heteroatoms. The molecule has 0 aliphatic rings. The number of hydrogen-bond donors (Lipinski definition) is 0. The lowest BCUT2D eigenvalue weighted by Crippen LogP contribution is -2.17. The molecular weight excluding hydrogens is 406 g/mol. The Bertz CT molecular complexity index is 1050. The van der Waals surface area contributed by atoms with Crippen LogP contribution in [0.1, 0.15) is 11.5 Å². The van der Waals surface area contributed by atoms with Crippen LogP contribution < -0.4 is 4.74 Å². The molecule has 0 atom stereocenters. The van der Waals surface area contributed by atoms with E-state index in [-0.39, 0.29) is 30.1 Å². The van der Waals surface area contributed by atoms with Gasteiger partial charge < -0.3 is 9.47 Å².